The predicted molar refractivity (Wildman–Crippen MR) is 104 cm³/mol. The molecule has 0 amide bonds. The minimum absolute atomic E-state index is 0.142. The Balaban J connectivity index is 1.47. The van der Waals surface area contributed by atoms with E-state index in [1.807, 2.05) is 0 Å². The Morgan fingerprint density at radius 3 is 2.80 bits per heavy atom. The maximum Gasteiger partial charge on any atom is 0.191 e. The van der Waals surface area contributed by atoms with Crippen molar-refractivity contribution in [1.29, 1.82) is 0 Å². The Hall–Kier alpha value is -1.79. The number of guanidine groups is 1. The molecule has 7 heteroatoms. The average Bonchev–Trinajstić information content (AvgIpc) is 3.16. The minimum Gasteiger partial charge on any atom is -0.363 e. The second-order valence-corrected chi connectivity index (χ2v) is 7.36. The minimum atomic E-state index is -0.398. The molecule has 0 radical (unpaired) electrons. The highest BCUT2D eigenvalue weighted by atomic mass is 35.5. The molecule has 3 rings (SSSR count). The van der Waals surface area contributed by atoms with Crippen molar-refractivity contribution in [3.05, 3.63) is 52.1 Å². The molecule has 4 nitrogen and oxygen atoms in total. The maximum absolute atomic E-state index is 13.2. The Bertz CT molecular complexity index is 712. The first-order chi connectivity index (χ1) is 12.2. The van der Waals surface area contributed by atoms with Crippen LogP contribution in [0, 0.1) is 5.82 Å². The average molecular weight is 381 g/mol. The summed E-state index contributed by atoms with van der Waals surface area (Å²) in [6.07, 6.45) is 2.14. The van der Waals surface area contributed by atoms with E-state index in [4.69, 9.17) is 11.6 Å². The van der Waals surface area contributed by atoms with Gasteiger partial charge >= 0.3 is 0 Å². The number of thiophene rings is 1. The van der Waals surface area contributed by atoms with Gasteiger partial charge in [0.2, 0.25) is 0 Å². The smallest absolute Gasteiger partial charge is 0.191 e. The van der Waals surface area contributed by atoms with Gasteiger partial charge in [-0.25, -0.2) is 4.39 Å². The quantitative estimate of drug-likeness (QED) is 0.624. The van der Waals surface area contributed by atoms with Crippen molar-refractivity contribution in [2.75, 3.05) is 25.0 Å². The molecule has 0 atom stereocenters. The number of anilines is 1. The van der Waals surface area contributed by atoms with Crippen molar-refractivity contribution in [3.8, 4) is 0 Å². The molecule has 1 aromatic heterocycles. The normalized spacial score (nSPS) is 16.1. The van der Waals surface area contributed by atoms with Crippen LogP contribution in [0.15, 0.2) is 40.7 Å². The van der Waals surface area contributed by atoms with Crippen LogP contribution in [0.4, 0.5) is 9.39 Å². The predicted octanol–water partition coefficient (Wildman–Crippen LogP) is 3.87. The van der Waals surface area contributed by atoms with E-state index in [9.17, 15) is 4.39 Å². The van der Waals surface area contributed by atoms with Gasteiger partial charge in [-0.3, -0.25) is 4.99 Å². The third-order valence-electron chi connectivity index (χ3n) is 4.32. The van der Waals surface area contributed by atoms with Crippen LogP contribution >= 0.6 is 22.9 Å². The molecule has 0 aliphatic carbocycles. The van der Waals surface area contributed by atoms with Gasteiger partial charge in [-0.2, -0.15) is 0 Å². The molecular formula is C18H22ClFN4S. The number of aliphatic imine (C=N–C) groups is 1. The Morgan fingerprint density at radius 2 is 2.16 bits per heavy atom. The van der Waals surface area contributed by atoms with Crippen LogP contribution in [0.2, 0.25) is 5.02 Å². The van der Waals surface area contributed by atoms with Crippen molar-refractivity contribution < 1.29 is 4.39 Å². The standard InChI is InChI=1S/C18H22ClFN4S/c1-21-18(22-12-13-4-5-16(20)15(19)11-13)23-14-6-8-24(9-7-14)17-3-2-10-25-17/h2-5,10-11,14H,6-9,12H2,1H3,(H2,21,22,23). The van der Waals surface area contributed by atoms with Crippen LogP contribution in [0.5, 0.6) is 0 Å². The zero-order valence-corrected chi connectivity index (χ0v) is 15.7. The molecule has 134 valence electrons. The van der Waals surface area contributed by atoms with Gasteiger partial charge in [0.15, 0.2) is 5.96 Å². The molecule has 1 aromatic carbocycles. The summed E-state index contributed by atoms with van der Waals surface area (Å²) in [5, 5.41) is 10.3. The van der Waals surface area contributed by atoms with Crippen LogP contribution in [0.3, 0.4) is 0 Å². The van der Waals surface area contributed by atoms with Crippen molar-refractivity contribution in [3.63, 3.8) is 0 Å². The summed E-state index contributed by atoms with van der Waals surface area (Å²) < 4.78 is 13.2. The number of nitrogens with one attached hydrogen (secondary N) is 2. The molecule has 1 aliphatic heterocycles. The van der Waals surface area contributed by atoms with Gasteiger partial charge in [0.05, 0.1) is 10.0 Å². The Morgan fingerprint density at radius 1 is 1.36 bits per heavy atom. The van der Waals surface area contributed by atoms with Gasteiger partial charge in [-0.1, -0.05) is 17.7 Å². The lowest BCUT2D eigenvalue weighted by atomic mass is 10.1. The molecule has 0 saturated carbocycles. The fraction of sp³-hybridized carbons (Fsp3) is 0.389. The van der Waals surface area contributed by atoms with Crippen LogP contribution in [0.1, 0.15) is 18.4 Å². The molecule has 0 bridgehead atoms. The summed E-state index contributed by atoms with van der Waals surface area (Å²) in [7, 11) is 1.76. The fourth-order valence-corrected chi connectivity index (χ4v) is 3.91. The zero-order valence-electron chi connectivity index (χ0n) is 14.1. The first kappa shape index (κ1) is 18.0. The summed E-state index contributed by atoms with van der Waals surface area (Å²) >= 11 is 7.61. The molecule has 1 saturated heterocycles. The molecule has 0 spiro atoms. The lowest BCUT2D eigenvalue weighted by Gasteiger charge is -2.33. The molecule has 1 fully saturated rings. The number of nitrogens with zero attached hydrogens (tertiary/aromatic N) is 2. The van der Waals surface area contributed by atoms with Crippen molar-refractivity contribution in [2.24, 2.45) is 4.99 Å². The van der Waals surface area contributed by atoms with Crippen LogP contribution in [-0.2, 0) is 6.54 Å². The molecule has 2 N–H and O–H groups in total. The highest BCUT2D eigenvalue weighted by Gasteiger charge is 2.20. The number of hydrogen-bond donors (Lipinski definition) is 2. The summed E-state index contributed by atoms with van der Waals surface area (Å²) in [4.78, 5) is 6.71. The number of piperidine rings is 1. The van der Waals surface area contributed by atoms with Gasteiger partial charge in [0.25, 0.3) is 0 Å². The first-order valence-corrected chi connectivity index (χ1v) is 9.61. The van der Waals surface area contributed by atoms with E-state index in [-0.39, 0.29) is 5.02 Å². The van der Waals surface area contributed by atoms with E-state index in [2.05, 4.69) is 38.0 Å². The second-order valence-electron chi connectivity index (χ2n) is 6.03. The third kappa shape index (κ3) is 4.86. The SMILES string of the molecule is CN=C(NCc1ccc(F)c(Cl)c1)NC1CCN(c2cccs2)CC1. The van der Waals surface area contributed by atoms with E-state index >= 15 is 0 Å². The molecule has 25 heavy (non-hydrogen) atoms. The summed E-state index contributed by atoms with van der Waals surface area (Å²) in [6.45, 7) is 2.64. The molecule has 2 aromatic rings. The molecule has 0 unspecified atom stereocenters. The number of hydrogen-bond acceptors (Lipinski definition) is 3. The van der Waals surface area contributed by atoms with E-state index in [1.165, 1.54) is 11.1 Å². The maximum atomic E-state index is 13.2. The first-order valence-electron chi connectivity index (χ1n) is 8.35. The summed E-state index contributed by atoms with van der Waals surface area (Å²) in [5.74, 6) is 0.362. The Kier molecular flexibility index (Phi) is 6.15. The zero-order chi connectivity index (χ0) is 17.6. The lowest BCUT2D eigenvalue weighted by molar-refractivity contribution is 0.463. The molecule has 2 heterocycles. The van der Waals surface area contributed by atoms with Crippen molar-refractivity contribution >= 4 is 33.9 Å². The lowest BCUT2D eigenvalue weighted by Crippen LogP contribution is -2.48. The summed E-state index contributed by atoms with van der Waals surface area (Å²) in [5.41, 5.74) is 0.918. The topological polar surface area (TPSA) is 39.7 Å². The van der Waals surface area contributed by atoms with E-state index < -0.39 is 5.82 Å². The van der Waals surface area contributed by atoms with Gasteiger partial charge in [0.1, 0.15) is 5.82 Å². The number of rotatable bonds is 4. The van der Waals surface area contributed by atoms with E-state index in [1.54, 1.807) is 30.5 Å². The monoisotopic (exact) mass is 380 g/mol. The van der Waals surface area contributed by atoms with Gasteiger partial charge < -0.3 is 15.5 Å². The van der Waals surface area contributed by atoms with Crippen LogP contribution < -0.4 is 15.5 Å². The van der Waals surface area contributed by atoms with Crippen LogP contribution in [0.25, 0.3) is 0 Å². The van der Waals surface area contributed by atoms with Crippen molar-refractivity contribution in [1.82, 2.24) is 10.6 Å². The van der Waals surface area contributed by atoms with Gasteiger partial charge in [-0.15, -0.1) is 11.3 Å². The van der Waals surface area contributed by atoms with E-state index in [0.717, 1.165) is 37.5 Å². The van der Waals surface area contributed by atoms with Crippen molar-refractivity contribution in [2.45, 2.75) is 25.4 Å². The number of halogens is 2. The second kappa shape index (κ2) is 8.54. The summed E-state index contributed by atoms with van der Waals surface area (Å²) in [6, 6.07) is 9.41. The van der Waals surface area contributed by atoms with Crippen LogP contribution in [-0.4, -0.2) is 32.1 Å². The molecule has 1 aliphatic rings. The van der Waals surface area contributed by atoms with Gasteiger partial charge in [-0.05, 0) is 48.1 Å². The third-order valence-corrected chi connectivity index (χ3v) is 5.54. The van der Waals surface area contributed by atoms with E-state index in [0.29, 0.717) is 12.6 Å². The number of benzene rings is 1. The molecular weight excluding hydrogens is 359 g/mol. The largest absolute Gasteiger partial charge is 0.363 e. The fourth-order valence-electron chi connectivity index (χ4n) is 2.92. The Labute approximate surface area is 156 Å². The highest BCUT2D eigenvalue weighted by molar-refractivity contribution is 7.14. The highest BCUT2D eigenvalue weighted by Crippen LogP contribution is 2.24. The van der Waals surface area contributed by atoms with Gasteiger partial charge in [0, 0.05) is 32.7 Å².